The Balaban J connectivity index is 2.23. The first-order valence-electron chi connectivity index (χ1n) is 8.16. The van der Waals surface area contributed by atoms with Crippen molar-refractivity contribution >= 4 is 22.8 Å². The number of ketones is 1. The first kappa shape index (κ1) is 14.4. The molecule has 2 unspecified atom stereocenters. The van der Waals surface area contributed by atoms with E-state index in [-0.39, 0.29) is 17.1 Å². The molecule has 0 N–H and O–H groups in total. The fourth-order valence-corrected chi connectivity index (χ4v) is 4.78. The fraction of sp³-hybridized carbons (Fsp3) is 0.474. The Kier molecular flexibility index (Phi) is 2.77. The van der Waals surface area contributed by atoms with E-state index in [9.17, 15) is 9.59 Å². The molecule has 118 valence electrons. The molecular formula is C19H20N2O2. The van der Waals surface area contributed by atoms with Gasteiger partial charge in [0.2, 0.25) is 6.08 Å². The second-order valence-corrected chi connectivity index (χ2v) is 7.45. The van der Waals surface area contributed by atoms with E-state index >= 15 is 0 Å². The summed E-state index contributed by atoms with van der Waals surface area (Å²) in [5, 5.41) is 1.09. The molecule has 0 saturated heterocycles. The van der Waals surface area contributed by atoms with E-state index in [2.05, 4.69) is 35.7 Å². The summed E-state index contributed by atoms with van der Waals surface area (Å²) in [6.45, 7) is 4.29. The lowest BCUT2D eigenvalue weighted by atomic mass is 9.64. The first-order chi connectivity index (χ1) is 10.9. The van der Waals surface area contributed by atoms with Crippen LogP contribution in [0.15, 0.2) is 29.4 Å². The first-order valence-corrected chi connectivity index (χ1v) is 8.16. The number of Topliss-reactive ketones (excluding diaryl/α,β-unsaturated/α-hetero) is 1. The summed E-state index contributed by atoms with van der Waals surface area (Å²) in [5.41, 5.74) is 1.84. The van der Waals surface area contributed by atoms with Crippen LogP contribution in [0.1, 0.15) is 44.2 Å². The maximum Gasteiger partial charge on any atom is 0.236 e. The number of hydrogen-bond donors (Lipinski definition) is 0. The summed E-state index contributed by atoms with van der Waals surface area (Å²) in [7, 11) is 2.03. The van der Waals surface area contributed by atoms with Crippen LogP contribution in [0.4, 0.5) is 0 Å². The van der Waals surface area contributed by atoms with Gasteiger partial charge >= 0.3 is 0 Å². The van der Waals surface area contributed by atoms with E-state index in [1.807, 2.05) is 19.2 Å². The van der Waals surface area contributed by atoms with Crippen LogP contribution in [-0.4, -0.2) is 16.4 Å². The Bertz CT molecular complexity index is 886. The van der Waals surface area contributed by atoms with Crippen LogP contribution in [0.2, 0.25) is 0 Å². The van der Waals surface area contributed by atoms with Crippen LogP contribution in [0.25, 0.3) is 10.9 Å². The highest BCUT2D eigenvalue weighted by atomic mass is 16.1. The third kappa shape index (κ3) is 1.59. The van der Waals surface area contributed by atoms with Crippen LogP contribution in [-0.2, 0) is 27.6 Å². The zero-order chi connectivity index (χ0) is 16.4. The highest BCUT2D eigenvalue weighted by Crippen LogP contribution is 2.53. The van der Waals surface area contributed by atoms with Gasteiger partial charge in [-0.15, -0.1) is 0 Å². The molecule has 2 aliphatic carbocycles. The van der Waals surface area contributed by atoms with E-state index in [0.717, 1.165) is 29.3 Å². The minimum absolute atomic E-state index is 0.0865. The summed E-state index contributed by atoms with van der Waals surface area (Å²) >= 11 is 0. The number of benzene rings is 1. The van der Waals surface area contributed by atoms with E-state index in [4.69, 9.17) is 0 Å². The van der Waals surface area contributed by atoms with Crippen molar-refractivity contribution in [2.75, 3.05) is 0 Å². The number of carbonyl (C=O) groups is 1. The smallest absolute Gasteiger partial charge is 0.236 e. The lowest BCUT2D eigenvalue weighted by Crippen LogP contribution is -2.46. The van der Waals surface area contributed by atoms with E-state index < -0.39 is 5.54 Å². The summed E-state index contributed by atoms with van der Waals surface area (Å²) in [5.74, 6) is -0.0326. The molecule has 0 amide bonds. The van der Waals surface area contributed by atoms with E-state index in [1.54, 1.807) is 6.08 Å². The maximum absolute atomic E-state index is 13.4. The molecule has 0 spiro atoms. The van der Waals surface area contributed by atoms with Crippen molar-refractivity contribution in [1.29, 1.82) is 0 Å². The molecule has 2 bridgehead atoms. The molecule has 0 aliphatic heterocycles. The molecule has 1 heterocycles. The second-order valence-electron chi connectivity index (χ2n) is 7.45. The van der Waals surface area contributed by atoms with Crippen molar-refractivity contribution in [3.63, 3.8) is 0 Å². The van der Waals surface area contributed by atoms with Gasteiger partial charge in [0.25, 0.3) is 0 Å². The number of fused-ring (bicyclic) bond motifs is 3. The monoisotopic (exact) mass is 308 g/mol. The van der Waals surface area contributed by atoms with E-state index in [1.165, 1.54) is 5.56 Å². The SMILES string of the molecule is Cn1cc2c3c(cccc31)C1(N=C=O)CCCC(C1=O)C2(C)C. The van der Waals surface area contributed by atoms with Gasteiger partial charge in [0.1, 0.15) is 0 Å². The Morgan fingerprint density at radius 2 is 2.09 bits per heavy atom. The van der Waals surface area contributed by atoms with E-state index in [0.29, 0.717) is 6.42 Å². The molecule has 2 aliphatic rings. The number of aromatic nitrogens is 1. The van der Waals surface area contributed by atoms with Crippen molar-refractivity contribution in [2.45, 2.75) is 44.1 Å². The summed E-state index contributed by atoms with van der Waals surface area (Å²) in [6.07, 6.45) is 6.19. The van der Waals surface area contributed by atoms with Crippen LogP contribution in [0.3, 0.4) is 0 Å². The quantitative estimate of drug-likeness (QED) is 0.599. The van der Waals surface area contributed by atoms with Gasteiger partial charge < -0.3 is 4.57 Å². The molecule has 0 radical (unpaired) electrons. The number of nitrogens with zero attached hydrogens (tertiary/aromatic N) is 2. The third-order valence-electron chi connectivity index (χ3n) is 6.02. The Labute approximate surface area is 135 Å². The zero-order valence-corrected chi connectivity index (χ0v) is 13.7. The predicted molar refractivity (Wildman–Crippen MR) is 88.1 cm³/mol. The molecular weight excluding hydrogens is 288 g/mol. The normalized spacial score (nSPS) is 28.3. The van der Waals surface area contributed by atoms with Crippen LogP contribution in [0, 0.1) is 5.92 Å². The third-order valence-corrected chi connectivity index (χ3v) is 6.02. The average molecular weight is 308 g/mol. The molecule has 2 aromatic rings. The molecule has 1 saturated carbocycles. The summed E-state index contributed by atoms with van der Waals surface area (Å²) in [6, 6.07) is 5.99. The number of hydrogen-bond acceptors (Lipinski definition) is 3. The molecule has 23 heavy (non-hydrogen) atoms. The largest absolute Gasteiger partial charge is 0.350 e. The van der Waals surface area contributed by atoms with Gasteiger partial charge in [-0.1, -0.05) is 26.0 Å². The lowest BCUT2D eigenvalue weighted by Gasteiger charge is -2.40. The molecule has 2 atom stereocenters. The minimum atomic E-state index is -1.05. The Morgan fingerprint density at radius 1 is 1.30 bits per heavy atom. The topological polar surface area (TPSA) is 51.4 Å². The van der Waals surface area contributed by atoms with Crippen LogP contribution >= 0.6 is 0 Å². The predicted octanol–water partition coefficient (Wildman–Crippen LogP) is 3.37. The molecule has 1 aromatic carbocycles. The van der Waals surface area contributed by atoms with Crippen molar-refractivity contribution in [1.82, 2.24) is 4.57 Å². The van der Waals surface area contributed by atoms with Gasteiger partial charge in [0.15, 0.2) is 11.3 Å². The molecule has 4 heteroatoms. The lowest BCUT2D eigenvalue weighted by molar-refractivity contribution is -0.133. The minimum Gasteiger partial charge on any atom is -0.350 e. The number of aliphatic imine (C=N–C) groups is 1. The van der Waals surface area contributed by atoms with Gasteiger partial charge in [0, 0.05) is 35.5 Å². The molecule has 1 aromatic heterocycles. The molecule has 4 rings (SSSR count). The second kappa shape index (κ2) is 4.42. The van der Waals surface area contributed by atoms with Crippen LogP contribution < -0.4 is 0 Å². The van der Waals surface area contributed by atoms with Crippen molar-refractivity contribution in [3.8, 4) is 0 Å². The average Bonchev–Trinajstić information content (AvgIpc) is 2.86. The molecule has 1 fully saturated rings. The number of aryl methyl sites for hydroxylation is 1. The zero-order valence-electron chi connectivity index (χ0n) is 13.7. The Morgan fingerprint density at radius 3 is 2.83 bits per heavy atom. The van der Waals surface area contributed by atoms with Crippen LogP contribution in [0.5, 0.6) is 0 Å². The highest BCUT2D eigenvalue weighted by molar-refractivity contribution is 6.03. The van der Waals surface area contributed by atoms with Crippen molar-refractivity contribution in [2.24, 2.45) is 18.0 Å². The van der Waals surface area contributed by atoms with Gasteiger partial charge in [-0.3, -0.25) is 4.79 Å². The summed E-state index contributed by atoms with van der Waals surface area (Å²) in [4.78, 5) is 28.7. The van der Waals surface area contributed by atoms with Gasteiger partial charge in [0.05, 0.1) is 0 Å². The number of rotatable bonds is 1. The number of carbonyl (C=O) groups excluding carboxylic acids is 2. The molecule has 4 nitrogen and oxygen atoms in total. The van der Waals surface area contributed by atoms with Gasteiger partial charge in [-0.2, -0.15) is 4.99 Å². The fourth-order valence-electron chi connectivity index (χ4n) is 4.78. The number of isocyanates is 1. The highest BCUT2D eigenvalue weighted by Gasteiger charge is 2.55. The van der Waals surface area contributed by atoms with Gasteiger partial charge in [-0.25, -0.2) is 4.79 Å². The van der Waals surface area contributed by atoms with Gasteiger partial charge in [-0.05, 0) is 36.5 Å². The standard InChI is InChI=1S/C19H20N2O2/c1-18(2)13-7-5-9-19(17(13)23,20-11-22)12-6-4-8-15-16(12)14(18)10-21(15)3/h4,6,8,10,13H,5,7,9H2,1-3H3. The summed E-state index contributed by atoms with van der Waals surface area (Å²) < 4.78 is 2.11. The Hall–Kier alpha value is -2.19. The van der Waals surface area contributed by atoms with Crippen molar-refractivity contribution in [3.05, 3.63) is 35.5 Å². The van der Waals surface area contributed by atoms with Crippen molar-refractivity contribution < 1.29 is 9.59 Å². The maximum atomic E-state index is 13.4.